The van der Waals surface area contributed by atoms with Gasteiger partial charge >= 0.3 is 5.97 Å². The molecule has 3 aromatic rings. The Morgan fingerprint density at radius 3 is 2.29 bits per heavy atom. The van der Waals surface area contributed by atoms with E-state index in [9.17, 15) is 4.79 Å². The van der Waals surface area contributed by atoms with Crippen LogP contribution in [0.15, 0.2) is 54.6 Å². The van der Waals surface area contributed by atoms with E-state index in [1.807, 2.05) is 44.2 Å². The number of aryl methyl sites for hydroxylation is 1. The van der Waals surface area contributed by atoms with Crippen molar-refractivity contribution >= 4 is 16.7 Å². The minimum Gasteiger partial charge on any atom is -0.493 e. The fraction of sp³-hybridized carbons (Fsp3) is 0.292. The minimum absolute atomic E-state index is 0.375. The molecule has 0 aliphatic carbocycles. The molecule has 0 radical (unpaired) electrons. The maximum Gasteiger partial charge on any atom is 0.347 e. The van der Waals surface area contributed by atoms with Gasteiger partial charge in [0.2, 0.25) is 0 Å². The van der Waals surface area contributed by atoms with Crippen molar-refractivity contribution in [1.82, 2.24) is 0 Å². The molecule has 0 saturated heterocycles. The first-order valence-corrected chi connectivity index (χ1v) is 9.74. The van der Waals surface area contributed by atoms with Gasteiger partial charge in [-0.2, -0.15) is 0 Å². The van der Waals surface area contributed by atoms with E-state index in [0.717, 1.165) is 29.2 Å². The molecule has 0 aliphatic heterocycles. The Morgan fingerprint density at radius 1 is 0.857 bits per heavy atom. The van der Waals surface area contributed by atoms with E-state index >= 15 is 0 Å². The standard InChI is InChI=1S/C24H26O4/c1-4-13-26-22-16-21(24(25)28-18-9-7-6-8-10-18)23(27-14-5-2)19-12-11-17(3)15-20(19)22/h6-12,15-16H,4-5,13-14H2,1-3H3. The second-order valence-corrected chi connectivity index (χ2v) is 6.70. The number of esters is 1. The van der Waals surface area contributed by atoms with Crippen molar-refractivity contribution < 1.29 is 19.0 Å². The molecule has 0 spiro atoms. The largest absolute Gasteiger partial charge is 0.493 e. The molecule has 0 N–H and O–H groups in total. The lowest BCUT2D eigenvalue weighted by Crippen LogP contribution is -2.12. The fourth-order valence-electron chi connectivity index (χ4n) is 2.97. The van der Waals surface area contributed by atoms with Gasteiger partial charge in [0.05, 0.1) is 13.2 Å². The predicted molar refractivity (Wildman–Crippen MR) is 112 cm³/mol. The molecule has 0 bridgehead atoms. The molecule has 0 aliphatic rings. The molecule has 0 aromatic heterocycles. The number of fused-ring (bicyclic) bond motifs is 1. The van der Waals surface area contributed by atoms with Gasteiger partial charge in [-0.1, -0.05) is 49.7 Å². The highest BCUT2D eigenvalue weighted by molar-refractivity contribution is 6.04. The topological polar surface area (TPSA) is 44.8 Å². The van der Waals surface area contributed by atoms with Gasteiger partial charge in [-0.3, -0.25) is 0 Å². The molecule has 4 heteroatoms. The number of rotatable bonds is 8. The van der Waals surface area contributed by atoms with E-state index in [2.05, 4.69) is 13.0 Å². The third-order valence-corrected chi connectivity index (χ3v) is 4.29. The Kier molecular flexibility index (Phi) is 6.53. The molecule has 0 saturated carbocycles. The number of carbonyl (C=O) groups is 1. The summed E-state index contributed by atoms with van der Waals surface area (Å²) < 4.78 is 17.5. The number of para-hydroxylation sites is 1. The van der Waals surface area contributed by atoms with Crippen LogP contribution in [0.1, 0.15) is 42.6 Å². The van der Waals surface area contributed by atoms with E-state index in [4.69, 9.17) is 14.2 Å². The maximum atomic E-state index is 13.0. The minimum atomic E-state index is -0.457. The number of benzene rings is 3. The first-order chi connectivity index (χ1) is 13.6. The van der Waals surface area contributed by atoms with Crippen molar-refractivity contribution in [3.8, 4) is 17.2 Å². The molecule has 0 amide bonds. The lowest BCUT2D eigenvalue weighted by Gasteiger charge is -2.17. The average molecular weight is 378 g/mol. The summed E-state index contributed by atoms with van der Waals surface area (Å²) in [7, 11) is 0. The summed E-state index contributed by atoms with van der Waals surface area (Å²) in [5, 5.41) is 1.79. The van der Waals surface area contributed by atoms with Crippen LogP contribution in [0.5, 0.6) is 17.2 Å². The van der Waals surface area contributed by atoms with Gasteiger partial charge in [0.25, 0.3) is 0 Å². The fourth-order valence-corrected chi connectivity index (χ4v) is 2.97. The molecule has 0 heterocycles. The van der Waals surface area contributed by atoms with E-state index in [0.29, 0.717) is 36.0 Å². The molecule has 28 heavy (non-hydrogen) atoms. The van der Waals surface area contributed by atoms with Gasteiger partial charge in [-0.05, 0) is 44.0 Å². The summed E-state index contributed by atoms with van der Waals surface area (Å²) in [5.74, 6) is 1.25. The van der Waals surface area contributed by atoms with Gasteiger partial charge in [0.1, 0.15) is 22.8 Å². The first-order valence-electron chi connectivity index (χ1n) is 9.74. The normalized spacial score (nSPS) is 10.7. The van der Waals surface area contributed by atoms with Crippen molar-refractivity contribution in [2.24, 2.45) is 0 Å². The summed E-state index contributed by atoms with van der Waals surface area (Å²) in [6, 6.07) is 16.8. The Hall–Kier alpha value is -3.01. The lowest BCUT2D eigenvalue weighted by molar-refractivity contribution is 0.0730. The zero-order chi connectivity index (χ0) is 19.9. The summed E-state index contributed by atoms with van der Waals surface area (Å²) >= 11 is 0. The van der Waals surface area contributed by atoms with E-state index in [1.165, 1.54) is 0 Å². The number of ether oxygens (including phenoxy) is 3. The highest BCUT2D eigenvalue weighted by atomic mass is 16.5. The van der Waals surface area contributed by atoms with Crippen LogP contribution in [0, 0.1) is 6.92 Å². The quantitative estimate of drug-likeness (QED) is 0.359. The number of carbonyl (C=O) groups excluding carboxylic acids is 1. The maximum absolute atomic E-state index is 13.0. The van der Waals surface area contributed by atoms with E-state index < -0.39 is 5.97 Å². The number of hydrogen-bond acceptors (Lipinski definition) is 4. The van der Waals surface area contributed by atoms with Crippen LogP contribution in [0.3, 0.4) is 0 Å². The van der Waals surface area contributed by atoms with Crippen molar-refractivity contribution in [3.05, 3.63) is 65.7 Å². The summed E-state index contributed by atoms with van der Waals surface area (Å²) in [6.45, 7) is 7.21. The van der Waals surface area contributed by atoms with E-state index in [-0.39, 0.29) is 0 Å². The van der Waals surface area contributed by atoms with Gasteiger partial charge in [0, 0.05) is 10.8 Å². The van der Waals surface area contributed by atoms with E-state index in [1.54, 1.807) is 18.2 Å². The third kappa shape index (κ3) is 4.45. The van der Waals surface area contributed by atoms with Crippen molar-refractivity contribution in [3.63, 3.8) is 0 Å². The molecule has 4 nitrogen and oxygen atoms in total. The molecule has 0 unspecified atom stereocenters. The zero-order valence-corrected chi connectivity index (χ0v) is 16.7. The molecule has 3 rings (SSSR count). The van der Waals surface area contributed by atoms with Gasteiger partial charge in [-0.15, -0.1) is 0 Å². The van der Waals surface area contributed by atoms with Gasteiger partial charge in [-0.25, -0.2) is 4.79 Å². The van der Waals surface area contributed by atoms with Crippen LogP contribution >= 0.6 is 0 Å². The van der Waals surface area contributed by atoms with Crippen LogP contribution in [0.4, 0.5) is 0 Å². The van der Waals surface area contributed by atoms with Crippen LogP contribution < -0.4 is 14.2 Å². The Morgan fingerprint density at radius 2 is 1.57 bits per heavy atom. The van der Waals surface area contributed by atoms with Gasteiger partial charge < -0.3 is 14.2 Å². The second-order valence-electron chi connectivity index (χ2n) is 6.70. The Labute approximate surface area is 166 Å². The molecular formula is C24H26O4. The van der Waals surface area contributed by atoms with Crippen molar-refractivity contribution in [2.75, 3.05) is 13.2 Å². The Balaban J connectivity index is 2.12. The third-order valence-electron chi connectivity index (χ3n) is 4.29. The van der Waals surface area contributed by atoms with Crippen LogP contribution in [-0.2, 0) is 0 Å². The summed E-state index contributed by atoms with van der Waals surface area (Å²) in [4.78, 5) is 13.0. The summed E-state index contributed by atoms with van der Waals surface area (Å²) in [6.07, 6.45) is 1.72. The summed E-state index contributed by atoms with van der Waals surface area (Å²) in [5.41, 5.74) is 1.50. The molecule has 146 valence electrons. The van der Waals surface area contributed by atoms with Crippen LogP contribution in [0.25, 0.3) is 10.8 Å². The van der Waals surface area contributed by atoms with Crippen molar-refractivity contribution in [1.29, 1.82) is 0 Å². The molecular weight excluding hydrogens is 352 g/mol. The second kappa shape index (κ2) is 9.27. The lowest BCUT2D eigenvalue weighted by atomic mass is 10.0. The molecule has 0 atom stereocenters. The van der Waals surface area contributed by atoms with Crippen LogP contribution in [0.2, 0.25) is 0 Å². The highest BCUT2D eigenvalue weighted by Crippen LogP contribution is 2.38. The SMILES string of the molecule is CCCOc1cc(C(=O)Oc2ccccc2)c(OCCC)c2ccc(C)cc12. The van der Waals surface area contributed by atoms with Crippen LogP contribution in [-0.4, -0.2) is 19.2 Å². The molecule has 3 aromatic carbocycles. The molecule has 0 fully saturated rings. The Bertz CT molecular complexity index is 948. The highest BCUT2D eigenvalue weighted by Gasteiger charge is 2.21. The van der Waals surface area contributed by atoms with Crippen molar-refractivity contribution in [2.45, 2.75) is 33.6 Å². The smallest absolute Gasteiger partial charge is 0.347 e. The number of hydrogen-bond donors (Lipinski definition) is 0. The average Bonchev–Trinajstić information content (AvgIpc) is 2.71. The first kappa shape index (κ1) is 19.7. The zero-order valence-electron chi connectivity index (χ0n) is 16.7. The van der Waals surface area contributed by atoms with Gasteiger partial charge in [0.15, 0.2) is 0 Å². The monoisotopic (exact) mass is 378 g/mol. The predicted octanol–water partition coefficient (Wildman–Crippen LogP) is 5.95.